The monoisotopic (exact) mass is 218 g/mol. The van der Waals surface area contributed by atoms with Crippen LogP contribution in [0.3, 0.4) is 0 Å². The van der Waals surface area contributed by atoms with Gasteiger partial charge in [-0.1, -0.05) is 6.07 Å². The summed E-state index contributed by atoms with van der Waals surface area (Å²) in [6.07, 6.45) is 1.82. The highest BCUT2D eigenvalue weighted by molar-refractivity contribution is 5.38. The summed E-state index contributed by atoms with van der Waals surface area (Å²) in [4.78, 5) is 0. The van der Waals surface area contributed by atoms with Gasteiger partial charge >= 0.3 is 0 Å². The highest BCUT2D eigenvalue weighted by atomic mass is 16.5. The Kier molecular flexibility index (Phi) is 3.22. The summed E-state index contributed by atoms with van der Waals surface area (Å²) in [7, 11) is 0. The zero-order valence-corrected chi connectivity index (χ0v) is 9.13. The van der Waals surface area contributed by atoms with Gasteiger partial charge in [-0.15, -0.1) is 0 Å². The van der Waals surface area contributed by atoms with Crippen LogP contribution >= 0.6 is 0 Å². The van der Waals surface area contributed by atoms with E-state index in [1.54, 1.807) is 10.7 Å². The van der Waals surface area contributed by atoms with Crippen LogP contribution in [0, 0.1) is 0 Å². The third-order valence-electron chi connectivity index (χ3n) is 2.20. The maximum Gasteiger partial charge on any atom is 0.121 e. The molecule has 0 amide bonds. The average Bonchev–Trinajstić information content (AvgIpc) is 2.78. The molecule has 1 N–H and O–H groups in total. The van der Waals surface area contributed by atoms with Gasteiger partial charge in [0.1, 0.15) is 5.75 Å². The molecule has 16 heavy (non-hydrogen) atoms. The molecule has 2 aromatic rings. The zero-order chi connectivity index (χ0) is 11.4. The molecule has 4 heteroatoms. The lowest BCUT2D eigenvalue weighted by molar-refractivity contribution is 0.276. The summed E-state index contributed by atoms with van der Waals surface area (Å²) >= 11 is 0. The second-order valence-electron chi connectivity index (χ2n) is 3.34. The van der Waals surface area contributed by atoms with E-state index in [2.05, 4.69) is 5.10 Å². The van der Waals surface area contributed by atoms with Crippen LogP contribution < -0.4 is 4.74 Å². The van der Waals surface area contributed by atoms with Gasteiger partial charge < -0.3 is 9.84 Å². The minimum atomic E-state index is -0.0435. The normalized spacial score (nSPS) is 10.4. The summed E-state index contributed by atoms with van der Waals surface area (Å²) in [5, 5.41) is 13.1. The van der Waals surface area contributed by atoms with E-state index in [-0.39, 0.29) is 6.61 Å². The maximum atomic E-state index is 8.94. The molecule has 0 spiro atoms. The Bertz CT molecular complexity index is 466. The van der Waals surface area contributed by atoms with Crippen LogP contribution in [0.25, 0.3) is 5.69 Å². The van der Waals surface area contributed by atoms with Crippen LogP contribution in [-0.2, 0) is 6.61 Å². The van der Waals surface area contributed by atoms with Crippen LogP contribution in [0.2, 0.25) is 0 Å². The summed E-state index contributed by atoms with van der Waals surface area (Å²) in [6, 6.07) is 9.46. The number of rotatable bonds is 4. The van der Waals surface area contributed by atoms with Crippen LogP contribution in [-0.4, -0.2) is 21.5 Å². The number of nitrogens with zero attached hydrogens (tertiary/aromatic N) is 2. The average molecular weight is 218 g/mol. The quantitative estimate of drug-likeness (QED) is 0.850. The topological polar surface area (TPSA) is 47.3 Å². The minimum absolute atomic E-state index is 0.0435. The first-order chi connectivity index (χ1) is 7.83. The van der Waals surface area contributed by atoms with Crippen molar-refractivity contribution in [1.82, 2.24) is 9.78 Å². The molecule has 0 aliphatic carbocycles. The number of ether oxygens (including phenoxy) is 1. The summed E-state index contributed by atoms with van der Waals surface area (Å²) in [6.45, 7) is 2.55. The summed E-state index contributed by atoms with van der Waals surface area (Å²) < 4.78 is 7.13. The summed E-state index contributed by atoms with van der Waals surface area (Å²) in [5.41, 5.74) is 1.58. The fourth-order valence-corrected chi connectivity index (χ4v) is 1.47. The molecule has 1 aromatic heterocycles. The van der Waals surface area contributed by atoms with Crippen molar-refractivity contribution in [2.45, 2.75) is 13.5 Å². The Balaban J connectivity index is 2.28. The van der Waals surface area contributed by atoms with Crippen molar-refractivity contribution in [1.29, 1.82) is 0 Å². The Labute approximate surface area is 94.1 Å². The first-order valence-corrected chi connectivity index (χ1v) is 5.22. The van der Waals surface area contributed by atoms with Crippen LogP contribution in [0.4, 0.5) is 0 Å². The molecule has 1 aromatic carbocycles. The number of aromatic nitrogens is 2. The zero-order valence-electron chi connectivity index (χ0n) is 9.13. The second kappa shape index (κ2) is 4.81. The van der Waals surface area contributed by atoms with Gasteiger partial charge in [-0.05, 0) is 25.1 Å². The fourth-order valence-electron chi connectivity index (χ4n) is 1.47. The lowest BCUT2D eigenvalue weighted by Crippen LogP contribution is -1.98. The number of hydrogen-bond donors (Lipinski definition) is 1. The van der Waals surface area contributed by atoms with E-state index in [9.17, 15) is 0 Å². The van der Waals surface area contributed by atoms with Crippen LogP contribution in [0.5, 0.6) is 5.75 Å². The molecule has 0 saturated heterocycles. The highest BCUT2D eigenvalue weighted by Gasteiger charge is 2.01. The molecular formula is C12H14N2O2. The molecule has 4 nitrogen and oxygen atoms in total. The van der Waals surface area contributed by atoms with Crippen molar-refractivity contribution in [3.63, 3.8) is 0 Å². The van der Waals surface area contributed by atoms with Gasteiger partial charge in [-0.25, -0.2) is 4.68 Å². The largest absolute Gasteiger partial charge is 0.494 e. The third-order valence-corrected chi connectivity index (χ3v) is 2.20. The first kappa shape index (κ1) is 10.7. The smallest absolute Gasteiger partial charge is 0.121 e. The van der Waals surface area contributed by atoms with E-state index in [1.165, 1.54) is 0 Å². The van der Waals surface area contributed by atoms with E-state index >= 15 is 0 Å². The molecule has 0 unspecified atom stereocenters. The molecule has 0 radical (unpaired) electrons. The first-order valence-electron chi connectivity index (χ1n) is 5.22. The van der Waals surface area contributed by atoms with E-state index in [0.29, 0.717) is 12.3 Å². The van der Waals surface area contributed by atoms with Crippen molar-refractivity contribution in [2.75, 3.05) is 6.61 Å². The van der Waals surface area contributed by atoms with Crippen molar-refractivity contribution in [3.8, 4) is 11.4 Å². The van der Waals surface area contributed by atoms with Crippen LogP contribution in [0.15, 0.2) is 36.5 Å². The van der Waals surface area contributed by atoms with Crippen molar-refractivity contribution in [3.05, 3.63) is 42.2 Å². The SMILES string of the molecule is CCOc1cccc(-n2ccc(CO)n2)c1. The van der Waals surface area contributed by atoms with Crippen molar-refractivity contribution < 1.29 is 9.84 Å². The molecule has 0 aliphatic rings. The number of aliphatic hydroxyl groups is 1. The Morgan fingerprint density at radius 2 is 2.25 bits per heavy atom. The number of hydrogen-bond acceptors (Lipinski definition) is 3. The molecular weight excluding hydrogens is 204 g/mol. The van der Waals surface area contributed by atoms with Gasteiger partial charge in [-0.2, -0.15) is 5.10 Å². The Morgan fingerprint density at radius 1 is 1.38 bits per heavy atom. The van der Waals surface area contributed by atoms with E-state index in [1.807, 2.05) is 37.4 Å². The second-order valence-corrected chi connectivity index (χ2v) is 3.34. The molecule has 1 heterocycles. The molecule has 0 aliphatic heterocycles. The number of benzene rings is 1. The molecule has 2 rings (SSSR count). The van der Waals surface area contributed by atoms with Gasteiger partial charge in [0.2, 0.25) is 0 Å². The van der Waals surface area contributed by atoms with Gasteiger partial charge in [-0.3, -0.25) is 0 Å². The molecule has 0 bridgehead atoms. The van der Waals surface area contributed by atoms with E-state index in [0.717, 1.165) is 11.4 Å². The predicted molar refractivity (Wildman–Crippen MR) is 60.7 cm³/mol. The maximum absolute atomic E-state index is 8.94. The Morgan fingerprint density at radius 3 is 2.94 bits per heavy atom. The van der Waals surface area contributed by atoms with Crippen LogP contribution in [0.1, 0.15) is 12.6 Å². The van der Waals surface area contributed by atoms with Crippen molar-refractivity contribution >= 4 is 0 Å². The fraction of sp³-hybridized carbons (Fsp3) is 0.250. The van der Waals surface area contributed by atoms with Crippen molar-refractivity contribution in [2.24, 2.45) is 0 Å². The van der Waals surface area contributed by atoms with Gasteiger partial charge in [0, 0.05) is 12.3 Å². The lowest BCUT2D eigenvalue weighted by atomic mass is 10.3. The molecule has 0 saturated carbocycles. The number of aliphatic hydroxyl groups excluding tert-OH is 1. The Hall–Kier alpha value is -1.81. The van der Waals surface area contributed by atoms with E-state index in [4.69, 9.17) is 9.84 Å². The summed E-state index contributed by atoms with van der Waals surface area (Å²) in [5.74, 6) is 0.820. The standard InChI is InChI=1S/C12H14N2O2/c1-2-16-12-5-3-4-11(8-12)14-7-6-10(9-15)13-14/h3-8,15H,2,9H2,1H3. The van der Waals surface area contributed by atoms with Gasteiger partial charge in [0.05, 0.1) is 24.6 Å². The molecule has 0 fully saturated rings. The third kappa shape index (κ3) is 2.23. The predicted octanol–water partition coefficient (Wildman–Crippen LogP) is 1.76. The molecule has 0 atom stereocenters. The lowest BCUT2D eigenvalue weighted by Gasteiger charge is -2.05. The van der Waals surface area contributed by atoms with Gasteiger partial charge in [0.25, 0.3) is 0 Å². The molecule has 84 valence electrons. The van der Waals surface area contributed by atoms with E-state index < -0.39 is 0 Å². The minimum Gasteiger partial charge on any atom is -0.494 e. The van der Waals surface area contributed by atoms with Gasteiger partial charge in [0.15, 0.2) is 0 Å². The highest BCUT2D eigenvalue weighted by Crippen LogP contribution is 2.16.